The Kier molecular flexibility index (Phi) is 6.62. The van der Waals surface area contributed by atoms with E-state index in [-0.39, 0.29) is 13.0 Å². The standard InChI is InChI=1S/C12H12F3IO2Se/c1-2-18-11(17)10(19-12(13,14)15)7-8-5-3-4-6-9(8)16/h3-6,10H,2,7H2,1H3. The summed E-state index contributed by atoms with van der Waals surface area (Å²) in [5.41, 5.74) is 0.743. The number of ether oxygens (including phenoxy) is 1. The molecule has 0 aromatic heterocycles. The molecule has 0 aliphatic rings. The van der Waals surface area contributed by atoms with Crippen LogP contribution in [0, 0.1) is 3.57 Å². The quantitative estimate of drug-likeness (QED) is 0.390. The molecule has 19 heavy (non-hydrogen) atoms. The molecule has 0 N–H and O–H groups in total. The summed E-state index contributed by atoms with van der Waals surface area (Å²) in [7, 11) is 0. The Morgan fingerprint density at radius 2 is 2.05 bits per heavy atom. The Morgan fingerprint density at radius 3 is 2.58 bits per heavy atom. The Balaban J connectivity index is 2.85. The molecule has 0 aliphatic carbocycles. The van der Waals surface area contributed by atoms with Gasteiger partial charge >= 0.3 is 129 Å². The minimum absolute atomic E-state index is 0.0669. The van der Waals surface area contributed by atoms with E-state index in [1.165, 1.54) is 0 Å². The average Bonchev–Trinajstić information content (AvgIpc) is 2.29. The molecule has 1 unspecified atom stereocenters. The maximum atomic E-state index is 12.5. The number of alkyl halides is 3. The van der Waals surface area contributed by atoms with Crippen LogP contribution in [0.25, 0.3) is 0 Å². The van der Waals surface area contributed by atoms with Gasteiger partial charge in [-0.1, -0.05) is 0 Å². The van der Waals surface area contributed by atoms with Crippen LogP contribution in [-0.4, -0.2) is 32.6 Å². The van der Waals surface area contributed by atoms with E-state index in [0.29, 0.717) is 0 Å². The predicted molar refractivity (Wildman–Crippen MR) is 75.1 cm³/mol. The van der Waals surface area contributed by atoms with Gasteiger partial charge in [0.1, 0.15) is 0 Å². The van der Waals surface area contributed by atoms with Gasteiger partial charge in [-0.3, -0.25) is 0 Å². The second-order valence-corrected chi connectivity index (χ2v) is 7.42. The normalized spacial score (nSPS) is 13.1. The predicted octanol–water partition coefficient (Wildman–Crippen LogP) is 3.41. The summed E-state index contributed by atoms with van der Waals surface area (Å²) in [6.07, 6.45) is 0.0669. The second kappa shape index (κ2) is 7.50. The number of hydrogen-bond acceptors (Lipinski definition) is 2. The maximum absolute atomic E-state index is 12.5. The van der Waals surface area contributed by atoms with E-state index < -0.39 is 30.8 Å². The molecule has 0 spiro atoms. The molecule has 2 nitrogen and oxygen atoms in total. The first-order valence-corrected chi connectivity index (χ1v) is 8.40. The van der Waals surface area contributed by atoms with Gasteiger partial charge < -0.3 is 0 Å². The molecule has 0 amide bonds. The van der Waals surface area contributed by atoms with Crippen LogP contribution in [0.2, 0.25) is 4.82 Å². The van der Waals surface area contributed by atoms with Crippen molar-refractivity contribution < 1.29 is 22.7 Å². The van der Waals surface area contributed by atoms with Crippen molar-refractivity contribution in [3.63, 3.8) is 0 Å². The van der Waals surface area contributed by atoms with Crippen LogP contribution in [0.3, 0.4) is 0 Å². The summed E-state index contributed by atoms with van der Waals surface area (Å²) in [6.45, 7) is 1.68. The average molecular weight is 451 g/mol. The first kappa shape index (κ1) is 16.8. The number of halogens is 4. The van der Waals surface area contributed by atoms with Crippen molar-refractivity contribution in [3.8, 4) is 0 Å². The van der Waals surface area contributed by atoms with Crippen molar-refractivity contribution in [1.82, 2.24) is 0 Å². The zero-order chi connectivity index (χ0) is 14.5. The van der Waals surface area contributed by atoms with Crippen molar-refractivity contribution in [2.24, 2.45) is 0 Å². The van der Waals surface area contributed by atoms with Crippen LogP contribution < -0.4 is 0 Å². The number of hydrogen-bond donors (Lipinski definition) is 0. The SMILES string of the molecule is CCOC(=O)C(Cc1ccccc1I)[Se]C(F)(F)F. The van der Waals surface area contributed by atoms with Crippen molar-refractivity contribution in [2.75, 3.05) is 6.61 Å². The summed E-state index contributed by atoms with van der Waals surface area (Å²) < 4.78 is 43.2. The van der Waals surface area contributed by atoms with Crippen LogP contribution >= 0.6 is 22.6 Å². The first-order chi connectivity index (χ1) is 8.83. The number of carbonyl (C=O) groups excluding carboxylic acids is 1. The summed E-state index contributed by atoms with van der Waals surface area (Å²) in [5.74, 6) is -0.764. The zero-order valence-corrected chi connectivity index (χ0v) is 13.9. The van der Waals surface area contributed by atoms with E-state index in [4.69, 9.17) is 4.74 Å². The molecule has 0 saturated heterocycles. The van der Waals surface area contributed by atoms with Crippen LogP contribution in [-0.2, 0) is 16.0 Å². The Bertz CT molecular complexity index is 437. The minimum atomic E-state index is -4.31. The molecule has 0 saturated carbocycles. The molecule has 0 bridgehead atoms. The number of esters is 1. The molecule has 1 aromatic rings. The van der Waals surface area contributed by atoms with E-state index in [2.05, 4.69) is 0 Å². The third kappa shape index (κ3) is 6.14. The van der Waals surface area contributed by atoms with Crippen molar-refractivity contribution in [3.05, 3.63) is 33.4 Å². The monoisotopic (exact) mass is 452 g/mol. The number of rotatable bonds is 5. The van der Waals surface area contributed by atoms with Crippen molar-refractivity contribution in [1.29, 1.82) is 0 Å². The molecular formula is C12H12F3IO2Se. The van der Waals surface area contributed by atoms with Gasteiger partial charge in [0, 0.05) is 0 Å². The number of benzene rings is 1. The molecule has 7 heteroatoms. The van der Waals surface area contributed by atoms with E-state index >= 15 is 0 Å². The molecule has 0 fully saturated rings. The molecule has 1 atom stereocenters. The Morgan fingerprint density at radius 1 is 1.42 bits per heavy atom. The Labute approximate surface area is 129 Å². The van der Waals surface area contributed by atoms with Gasteiger partial charge in [-0.25, -0.2) is 0 Å². The fraction of sp³-hybridized carbons (Fsp3) is 0.417. The second-order valence-electron chi connectivity index (χ2n) is 3.60. The van der Waals surface area contributed by atoms with E-state index in [9.17, 15) is 18.0 Å². The van der Waals surface area contributed by atoms with Gasteiger partial charge in [0.25, 0.3) is 0 Å². The molecule has 106 valence electrons. The summed E-state index contributed by atoms with van der Waals surface area (Å²) in [5, 5.41) is -4.31. The van der Waals surface area contributed by atoms with Gasteiger partial charge in [-0.2, -0.15) is 0 Å². The summed E-state index contributed by atoms with van der Waals surface area (Å²) in [4.78, 5) is 10.5. The van der Waals surface area contributed by atoms with Crippen LogP contribution in [0.1, 0.15) is 12.5 Å². The first-order valence-electron chi connectivity index (χ1n) is 5.48. The van der Waals surface area contributed by atoms with Crippen molar-refractivity contribution >= 4 is 43.5 Å². The van der Waals surface area contributed by atoms with E-state index in [0.717, 1.165) is 9.13 Å². The summed E-state index contributed by atoms with van der Waals surface area (Å²) >= 11 is 0.270. The van der Waals surface area contributed by atoms with E-state index in [1.54, 1.807) is 31.2 Å². The molecule has 0 aliphatic heterocycles. The molecular weight excluding hydrogens is 439 g/mol. The van der Waals surface area contributed by atoms with Crippen LogP contribution in [0.4, 0.5) is 13.2 Å². The van der Waals surface area contributed by atoms with Gasteiger partial charge in [0.05, 0.1) is 0 Å². The fourth-order valence-corrected chi connectivity index (χ4v) is 3.61. The zero-order valence-electron chi connectivity index (χ0n) is 10.0. The van der Waals surface area contributed by atoms with Crippen LogP contribution in [0.15, 0.2) is 24.3 Å². The van der Waals surface area contributed by atoms with Gasteiger partial charge in [0.15, 0.2) is 0 Å². The molecule has 1 aromatic carbocycles. The number of carbonyl (C=O) groups is 1. The molecule has 0 radical (unpaired) electrons. The van der Waals surface area contributed by atoms with Crippen molar-refractivity contribution in [2.45, 2.75) is 23.2 Å². The van der Waals surface area contributed by atoms with Gasteiger partial charge in [-0.05, 0) is 0 Å². The Hall–Kier alpha value is -0.271. The van der Waals surface area contributed by atoms with E-state index in [1.807, 2.05) is 22.6 Å². The van der Waals surface area contributed by atoms with Gasteiger partial charge in [0.2, 0.25) is 0 Å². The topological polar surface area (TPSA) is 26.3 Å². The third-order valence-corrected chi connectivity index (χ3v) is 5.15. The van der Waals surface area contributed by atoms with Crippen LogP contribution in [0.5, 0.6) is 0 Å². The third-order valence-electron chi connectivity index (χ3n) is 2.19. The molecule has 1 rings (SSSR count). The fourth-order valence-electron chi connectivity index (χ4n) is 1.43. The summed E-state index contributed by atoms with van der Waals surface area (Å²) in [6, 6.07) is 7.10. The molecule has 0 heterocycles. The van der Waals surface area contributed by atoms with Gasteiger partial charge in [-0.15, -0.1) is 0 Å².